The van der Waals surface area contributed by atoms with Gasteiger partial charge in [-0.2, -0.15) is 0 Å². The molecule has 0 fully saturated rings. The van der Waals surface area contributed by atoms with Crippen LogP contribution in [-0.2, 0) is 0 Å². The summed E-state index contributed by atoms with van der Waals surface area (Å²) >= 11 is 0. The van der Waals surface area contributed by atoms with E-state index in [1.807, 2.05) is 0 Å². The minimum atomic E-state index is -0.474. The number of rotatable bonds is 0. The number of amides is 2. The van der Waals surface area contributed by atoms with Gasteiger partial charge in [-0.25, -0.2) is 4.79 Å². The van der Waals surface area contributed by atoms with Gasteiger partial charge in [-0.05, 0) is 6.42 Å². The van der Waals surface area contributed by atoms with Crippen LogP contribution in [-0.4, -0.2) is 30.4 Å². The van der Waals surface area contributed by atoms with Crippen LogP contribution in [0, 0.1) is 0 Å². The summed E-state index contributed by atoms with van der Waals surface area (Å²) in [5.74, 6) is 0. The van der Waals surface area contributed by atoms with E-state index in [9.17, 15) is 4.79 Å². The molecule has 0 aromatic heterocycles. The summed E-state index contributed by atoms with van der Waals surface area (Å²) < 4.78 is 0. The van der Waals surface area contributed by atoms with Gasteiger partial charge < -0.3 is 5.73 Å². The van der Waals surface area contributed by atoms with E-state index in [-0.39, 0.29) is 0 Å². The van der Waals surface area contributed by atoms with Crippen LogP contribution in [0.2, 0.25) is 0 Å². The van der Waals surface area contributed by atoms with Crippen LogP contribution >= 0.6 is 0 Å². The smallest absolute Gasteiger partial charge is 0.320 e. The average molecular weight is 126 g/mol. The molecular weight excluding hydrogens is 118 g/mol. The van der Waals surface area contributed by atoms with Crippen molar-refractivity contribution in [1.82, 2.24) is 4.90 Å². The zero-order chi connectivity index (χ0) is 6.69. The van der Waals surface area contributed by atoms with Crippen molar-refractivity contribution < 1.29 is 4.79 Å². The fourth-order valence-corrected chi connectivity index (χ4v) is 0.653. The average Bonchev–Trinajstić information content (AvgIpc) is 1.90. The number of nitrogens with zero attached hydrogens (tertiary/aromatic N) is 2. The quantitative estimate of drug-likeness (QED) is 0.475. The number of nitrogens with two attached hydrogens (primary N) is 1. The molecule has 1 aliphatic heterocycles. The summed E-state index contributed by atoms with van der Waals surface area (Å²) in [5, 5.41) is 0. The summed E-state index contributed by atoms with van der Waals surface area (Å²) in [4.78, 5) is 15.4. The first-order valence-corrected chi connectivity index (χ1v) is 2.80. The van der Waals surface area contributed by atoms with Crippen LogP contribution in [0.4, 0.5) is 4.79 Å². The Balaban J connectivity index is 2.50. The van der Waals surface area contributed by atoms with Gasteiger partial charge in [0.2, 0.25) is 0 Å². The molecule has 0 aliphatic carbocycles. The van der Waals surface area contributed by atoms with Gasteiger partial charge >= 0.3 is 6.03 Å². The first kappa shape index (κ1) is 6.07. The van der Waals surface area contributed by atoms with Gasteiger partial charge in [-0.1, -0.05) is 0 Å². The third-order valence-electron chi connectivity index (χ3n) is 1.11. The molecule has 0 aromatic rings. The monoisotopic (exact) mass is 126 g/mol. The first-order valence-electron chi connectivity index (χ1n) is 2.80. The minimum Gasteiger partial charge on any atom is -0.351 e. The Bertz CT molecular complexity index is 143. The Morgan fingerprint density at radius 1 is 1.78 bits per heavy atom. The summed E-state index contributed by atoms with van der Waals surface area (Å²) in [6.07, 6.45) is 3.39. The third kappa shape index (κ3) is 1.42. The SMILES string of the molecule is NC(=O)N1[C]=NCCC1. The molecule has 1 aliphatic rings. The number of urea groups is 1. The minimum absolute atomic E-state index is 0.474. The fraction of sp³-hybridized carbons (Fsp3) is 0.600. The Hall–Kier alpha value is -1.06. The number of hydrogen-bond acceptors (Lipinski definition) is 2. The Labute approximate surface area is 53.3 Å². The van der Waals surface area contributed by atoms with Crippen molar-refractivity contribution >= 4 is 12.4 Å². The molecule has 0 aromatic carbocycles. The molecule has 49 valence electrons. The van der Waals surface area contributed by atoms with E-state index in [1.54, 1.807) is 0 Å². The number of aliphatic imine (C=N–C) groups is 1. The standard InChI is InChI=1S/C5H8N3O/c6-5(9)8-3-1-2-7-4-8/h1-3H2,(H2,6,9). The molecule has 0 bridgehead atoms. The number of primary amides is 1. The second-order valence-corrected chi connectivity index (χ2v) is 1.83. The molecule has 1 radical (unpaired) electrons. The lowest BCUT2D eigenvalue weighted by atomic mass is 10.4. The molecule has 0 atom stereocenters. The van der Waals surface area contributed by atoms with E-state index in [4.69, 9.17) is 5.73 Å². The van der Waals surface area contributed by atoms with Crippen molar-refractivity contribution in [2.45, 2.75) is 6.42 Å². The molecular formula is C5H8N3O. The predicted octanol–water partition coefficient (Wildman–Crippen LogP) is -0.324. The van der Waals surface area contributed by atoms with Crippen molar-refractivity contribution in [3.8, 4) is 0 Å². The van der Waals surface area contributed by atoms with Crippen molar-refractivity contribution in [3.05, 3.63) is 0 Å². The van der Waals surface area contributed by atoms with Gasteiger partial charge in [-0.3, -0.25) is 9.89 Å². The molecule has 9 heavy (non-hydrogen) atoms. The maximum absolute atomic E-state index is 10.4. The molecule has 2 N–H and O–H groups in total. The summed E-state index contributed by atoms with van der Waals surface area (Å²) in [6, 6.07) is -0.474. The molecule has 1 rings (SSSR count). The van der Waals surface area contributed by atoms with E-state index in [2.05, 4.69) is 11.3 Å². The molecule has 2 amide bonds. The van der Waals surface area contributed by atoms with E-state index in [0.717, 1.165) is 13.0 Å². The molecule has 4 heteroatoms. The van der Waals surface area contributed by atoms with Crippen LogP contribution < -0.4 is 5.73 Å². The lowest BCUT2D eigenvalue weighted by Crippen LogP contribution is -2.37. The first-order chi connectivity index (χ1) is 4.30. The molecule has 0 saturated carbocycles. The topological polar surface area (TPSA) is 58.7 Å². The van der Waals surface area contributed by atoms with Gasteiger partial charge in [0, 0.05) is 13.1 Å². The highest BCUT2D eigenvalue weighted by Gasteiger charge is 2.09. The van der Waals surface area contributed by atoms with Crippen LogP contribution in [0.25, 0.3) is 0 Å². The summed E-state index contributed by atoms with van der Waals surface area (Å²) in [7, 11) is 0. The van der Waals surface area contributed by atoms with E-state index in [0.29, 0.717) is 6.54 Å². The lowest BCUT2D eigenvalue weighted by molar-refractivity contribution is 0.229. The predicted molar refractivity (Wildman–Crippen MR) is 33.2 cm³/mol. The zero-order valence-electron chi connectivity index (χ0n) is 5.00. The Kier molecular flexibility index (Phi) is 1.67. The maximum Gasteiger partial charge on any atom is 0.320 e. The van der Waals surface area contributed by atoms with E-state index in [1.165, 1.54) is 4.90 Å². The van der Waals surface area contributed by atoms with Gasteiger partial charge in [0.1, 0.15) is 0 Å². The summed E-state index contributed by atoms with van der Waals surface area (Å²) in [5.41, 5.74) is 4.93. The van der Waals surface area contributed by atoms with Crippen LogP contribution in [0.3, 0.4) is 0 Å². The number of carbonyl (C=O) groups is 1. The van der Waals surface area contributed by atoms with Crippen molar-refractivity contribution in [2.75, 3.05) is 13.1 Å². The molecule has 4 nitrogen and oxygen atoms in total. The van der Waals surface area contributed by atoms with Crippen LogP contribution in [0.1, 0.15) is 6.42 Å². The molecule has 0 unspecified atom stereocenters. The van der Waals surface area contributed by atoms with E-state index >= 15 is 0 Å². The highest BCUT2D eigenvalue weighted by atomic mass is 16.2. The Morgan fingerprint density at radius 2 is 2.56 bits per heavy atom. The highest BCUT2D eigenvalue weighted by Crippen LogP contribution is 1.94. The fourth-order valence-electron chi connectivity index (χ4n) is 0.653. The largest absolute Gasteiger partial charge is 0.351 e. The second kappa shape index (κ2) is 2.48. The van der Waals surface area contributed by atoms with Gasteiger partial charge in [-0.15, -0.1) is 0 Å². The third-order valence-corrected chi connectivity index (χ3v) is 1.11. The number of carbonyl (C=O) groups excluding carboxylic acids is 1. The van der Waals surface area contributed by atoms with Gasteiger partial charge in [0.15, 0.2) is 6.34 Å². The zero-order valence-corrected chi connectivity index (χ0v) is 5.00. The number of hydrogen-bond donors (Lipinski definition) is 1. The van der Waals surface area contributed by atoms with Crippen molar-refractivity contribution in [1.29, 1.82) is 0 Å². The van der Waals surface area contributed by atoms with Crippen molar-refractivity contribution in [3.63, 3.8) is 0 Å². The maximum atomic E-state index is 10.4. The van der Waals surface area contributed by atoms with E-state index < -0.39 is 6.03 Å². The second-order valence-electron chi connectivity index (χ2n) is 1.83. The molecule has 1 heterocycles. The normalized spacial score (nSPS) is 18.0. The molecule has 0 spiro atoms. The highest BCUT2D eigenvalue weighted by molar-refractivity contribution is 5.85. The Morgan fingerprint density at radius 3 is 2.89 bits per heavy atom. The van der Waals surface area contributed by atoms with Crippen molar-refractivity contribution in [2.24, 2.45) is 10.7 Å². The summed E-state index contributed by atoms with van der Waals surface area (Å²) in [6.45, 7) is 1.41. The van der Waals surface area contributed by atoms with Gasteiger partial charge in [0.05, 0.1) is 0 Å². The molecule has 0 saturated heterocycles. The van der Waals surface area contributed by atoms with Crippen LogP contribution in [0.5, 0.6) is 0 Å². The lowest BCUT2D eigenvalue weighted by Gasteiger charge is -2.15. The van der Waals surface area contributed by atoms with Crippen LogP contribution in [0.15, 0.2) is 4.99 Å². The van der Waals surface area contributed by atoms with Gasteiger partial charge in [0.25, 0.3) is 0 Å².